The number of amides is 1. The zero-order chi connectivity index (χ0) is 19.4. The van der Waals surface area contributed by atoms with Crippen molar-refractivity contribution in [2.75, 3.05) is 5.32 Å². The van der Waals surface area contributed by atoms with Crippen LogP contribution < -0.4 is 5.32 Å². The van der Waals surface area contributed by atoms with Crippen LogP contribution in [0.4, 0.5) is 10.7 Å². The van der Waals surface area contributed by atoms with Gasteiger partial charge in [0.15, 0.2) is 0 Å². The van der Waals surface area contributed by atoms with Crippen molar-refractivity contribution in [1.29, 1.82) is 0 Å². The lowest BCUT2D eigenvalue weighted by Crippen LogP contribution is -2.11. The summed E-state index contributed by atoms with van der Waals surface area (Å²) in [6.07, 6.45) is 1.77. The second-order valence-corrected chi connectivity index (χ2v) is 8.01. The SMILES string of the molecule is CC(C)c1ccc(/C=N/c2sccc2C(=O)Nc2ccc(Cl)c(Cl)c2)cc1. The quantitative estimate of drug-likeness (QED) is 0.439. The summed E-state index contributed by atoms with van der Waals surface area (Å²) in [6.45, 7) is 4.32. The first-order valence-corrected chi connectivity index (χ1v) is 10.1. The molecule has 2 aromatic carbocycles. The molecule has 0 spiro atoms. The molecule has 1 N–H and O–H groups in total. The minimum atomic E-state index is -0.239. The Morgan fingerprint density at radius 3 is 2.48 bits per heavy atom. The van der Waals surface area contributed by atoms with Gasteiger partial charge in [-0.1, -0.05) is 61.3 Å². The highest BCUT2D eigenvalue weighted by Gasteiger charge is 2.13. The lowest BCUT2D eigenvalue weighted by atomic mass is 10.0. The van der Waals surface area contributed by atoms with Gasteiger partial charge < -0.3 is 5.32 Å². The van der Waals surface area contributed by atoms with Crippen LogP contribution in [0.1, 0.15) is 41.3 Å². The number of aliphatic imine (C=N–C) groups is 1. The van der Waals surface area contributed by atoms with E-state index < -0.39 is 0 Å². The summed E-state index contributed by atoms with van der Waals surface area (Å²) in [6, 6.07) is 15.0. The summed E-state index contributed by atoms with van der Waals surface area (Å²) in [5, 5.41) is 6.16. The summed E-state index contributed by atoms with van der Waals surface area (Å²) in [4.78, 5) is 17.1. The van der Waals surface area contributed by atoms with E-state index >= 15 is 0 Å². The highest BCUT2D eigenvalue weighted by molar-refractivity contribution is 7.14. The molecule has 6 heteroatoms. The van der Waals surface area contributed by atoms with Crippen LogP contribution in [0.2, 0.25) is 10.0 Å². The van der Waals surface area contributed by atoms with E-state index in [4.69, 9.17) is 23.2 Å². The standard InChI is InChI=1S/C21H18Cl2N2OS/c1-13(2)15-5-3-14(4-6-15)12-24-21-17(9-10-27-21)20(26)25-16-7-8-18(22)19(23)11-16/h3-13H,1-2H3,(H,25,26)/b24-12+. The van der Waals surface area contributed by atoms with E-state index in [-0.39, 0.29) is 5.91 Å². The average Bonchev–Trinajstić information content (AvgIpc) is 3.12. The van der Waals surface area contributed by atoms with E-state index in [0.717, 1.165) is 5.56 Å². The molecule has 0 radical (unpaired) electrons. The third kappa shape index (κ3) is 4.98. The molecule has 0 unspecified atom stereocenters. The molecule has 1 aromatic heterocycles. The minimum absolute atomic E-state index is 0.239. The van der Waals surface area contributed by atoms with Crippen LogP contribution in [0, 0.1) is 0 Å². The Morgan fingerprint density at radius 1 is 1.07 bits per heavy atom. The molecule has 0 saturated heterocycles. The lowest BCUT2D eigenvalue weighted by Gasteiger charge is -2.06. The Labute approximate surface area is 172 Å². The number of hydrogen-bond acceptors (Lipinski definition) is 3. The molecule has 27 heavy (non-hydrogen) atoms. The highest BCUT2D eigenvalue weighted by atomic mass is 35.5. The molecule has 0 saturated carbocycles. The van der Waals surface area contributed by atoms with Gasteiger partial charge in [0.2, 0.25) is 0 Å². The van der Waals surface area contributed by atoms with Gasteiger partial charge in [-0.25, -0.2) is 4.99 Å². The summed E-state index contributed by atoms with van der Waals surface area (Å²) in [7, 11) is 0. The molecule has 0 aliphatic heterocycles. The van der Waals surface area contributed by atoms with Gasteiger partial charge in [-0.15, -0.1) is 11.3 Å². The maximum absolute atomic E-state index is 12.6. The van der Waals surface area contributed by atoms with Crippen molar-refractivity contribution in [3.63, 3.8) is 0 Å². The first kappa shape index (κ1) is 19.6. The summed E-state index contributed by atoms with van der Waals surface area (Å²) < 4.78 is 0. The number of carbonyl (C=O) groups is 1. The van der Waals surface area contributed by atoms with Gasteiger partial charge in [0, 0.05) is 11.9 Å². The molecule has 0 atom stereocenters. The van der Waals surface area contributed by atoms with Gasteiger partial charge in [0.25, 0.3) is 5.91 Å². The number of nitrogens with one attached hydrogen (secondary N) is 1. The van der Waals surface area contributed by atoms with E-state index in [9.17, 15) is 4.79 Å². The van der Waals surface area contributed by atoms with Crippen molar-refractivity contribution in [2.45, 2.75) is 19.8 Å². The van der Waals surface area contributed by atoms with E-state index in [2.05, 4.69) is 36.3 Å². The van der Waals surface area contributed by atoms with Gasteiger partial charge in [-0.2, -0.15) is 0 Å². The monoisotopic (exact) mass is 416 g/mol. The maximum atomic E-state index is 12.6. The van der Waals surface area contributed by atoms with Gasteiger partial charge in [0.1, 0.15) is 5.00 Å². The summed E-state index contributed by atoms with van der Waals surface area (Å²) in [5.74, 6) is 0.252. The van der Waals surface area contributed by atoms with Crippen LogP contribution in [-0.4, -0.2) is 12.1 Å². The zero-order valence-corrected chi connectivity index (χ0v) is 17.2. The van der Waals surface area contributed by atoms with Crippen LogP contribution in [0.15, 0.2) is 58.9 Å². The van der Waals surface area contributed by atoms with Crippen molar-refractivity contribution < 1.29 is 4.79 Å². The van der Waals surface area contributed by atoms with Crippen LogP contribution in [0.25, 0.3) is 0 Å². The number of nitrogens with zero attached hydrogens (tertiary/aromatic N) is 1. The molecule has 3 aromatic rings. The summed E-state index contributed by atoms with van der Waals surface area (Å²) in [5.41, 5.74) is 3.37. The van der Waals surface area contributed by atoms with Crippen molar-refractivity contribution in [2.24, 2.45) is 4.99 Å². The van der Waals surface area contributed by atoms with E-state index in [1.165, 1.54) is 16.9 Å². The van der Waals surface area contributed by atoms with Crippen molar-refractivity contribution >= 4 is 57.3 Å². The smallest absolute Gasteiger partial charge is 0.258 e. The Bertz CT molecular complexity index is 978. The molecule has 138 valence electrons. The van der Waals surface area contributed by atoms with E-state index in [0.29, 0.717) is 32.2 Å². The fraction of sp³-hybridized carbons (Fsp3) is 0.143. The summed E-state index contributed by atoms with van der Waals surface area (Å²) >= 11 is 13.3. The van der Waals surface area contributed by atoms with Crippen LogP contribution in [0.5, 0.6) is 0 Å². The Morgan fingerprint density at radius 2 is 1.81 bits per heavy atom. The predicted molar refractivity (Wildman–Crippen MR) is 117 cm³/mol. The molecule has 0 bridgehead atoms. The molecule has 0 aliphatic carbocycles. The zero-order valence-electron chi connectivity index (χ0n) is 14.9. The molecular weight excluding hydrogens is 399 g/mol. The van der Waals surface area contributed by atoms with Crippen LogP contribution in [0.3, 0.4) is 0 Å². The van der Waals surface area contributed by atoms with Crippen molar-refractivity contribution in [3.8, 4) is 0 Å². The number of benzene rings is 2. The average molecular weight is 417 g/mol. The normalized spacial score (nSPS) is 11.3. The number of hydrogen-bond donors (Lipinski definition) is 1. The number of thiophene rings is 1. The first-order chi connectivity index (χ1) is 12.9. The maximum Gasteiger partial charge on any atom is 0.258 e. The number of anilines is 1. The molecular formula is C21H18Cl2N2OS. The van der Waals surface area contributed by atoms with Crippen molar-refractivity contribution in [3.05, 3.63) is 80.6 Å². The van der Waals surface area contributed by atoms with E-state index in [1.54, 1.807) is 30.5 Å². The second-order valence-electron chi connectivity index (χ2n) is 6.30. The van der Waals surface area contributed by atoms with Crippen molar-refractivity contribution in [1.82, 2.24) is 0 Å². The van der Waals surface area contributed by atoms with E-state index in [1.807, 2.05) is 17.5 Å². The molecule has 1 amide bonds. The van der Waals surface area contributed by atoms with Crippen LogP contribution in [-0.2, 0) is 0 Å². The van der Waals surface area contributed by atoms with Crippen LogP contribution >= 0.6 is 34.5 Å². The van der Waals surface area contributed by atoms with Gasteiger partial charge in [0.05, 0.1) is 15.6 Å². The molecule has 3 nitrogen and oxygen atoms in total. The molecule has 1 heterocycles. The minimum Gasteiger partial charge on any atom is -0.322 e. The number of halogens is 2. The second kappa shape index (κ2) is 8.70. The fourth-order valence-electron chi connectivity index (χ4n) is 2.45. The third-order valence-corrected chi connectivity index (χ3v) is 5.56. The molecule has 0 aliphatic rings. The lowest BCUT2D eigenvalue weighted by molar-refractivity contribution is 0.102. The van der Waals surface area contributed by atoms with Gasteiger partial charge in [-0.05, 0) is 46.7 Å². The Balaban J connectivity index is 1.74. The molecule has 0 fully saturated rings. The third-order valence-electron chi connectivity index (χ3n) is 4.00. The predicted octanol–water partition coefficient (Wildman–Crippen LogP) is 7.18. The molecule has 3 rings (SSSR count). The Hall–Kier alpha value is -2.14. The van der Waals surface area contributed by atoms with Gasteiger partial charge in [-0.3, -0.25) is 4.79 Å². The first-order valence-electron chi connectivity index (χ1n) is 8.42. The largest absolute Gasteiger partial charge is 0.322 e. The topological polar surface area (TPSA) is 41.5 Å². The van der Waals surface area contributed by atoms with Gasteiger partial charge >= 0.3 is 0 Å². The highest BCUT2D eigenvalue weighted by Crippen LogP contribution is 2.29. The Kier molecular flexibility index (Phi) is 6.32. The fourth-order valence-corrected chi connectivity index (χ4v) is 3.48. The number of carbonyl (C=O) groups excluding carboxylic acids is 1. The number of rotatable bonds is 5.